The highest BCUT2D eigenvalue weighted by Gasteiger charge is 2.06. The molecule has 0 heterocycles. The van der Waals surface area contributed by atoms with Gasteiger partial charge in [0.1, 0.15) is 5.75 Å². The van der Waals surface area contributed by atoms with Crippen molar-refractivity contribution in [2.45, 2.75) is 26.0 Å². The minimum absolute atomic E-state index is 0.217. The SMILES string of the molecule is COc1cccc(C(C)NCC(C)O)c1. The van der Waals surface area contributed by atoms with E-state index in [4.69, 9.17) is 9.84 Å². The van der Waals surface area contributed by atoms with E-state index in [9.17, 15) is 0 Å². The lowest BCUT2D eigenvalue weighted by atomic mass is 10.1. The lowest BCUT2D eigenvalue weighted by Gasteiger charge is -2.16. The molecular weight excluding hydrogens is 190 g/mol. The summed E-state index contributed by atoms with van der Waals surface area (Å²) < 4.78 is 5.15. The number of benzene rings is 1. The highest BCUT2D eigenvalue weighted by atomic mass is 16.5. The first-order valence-corrected chi connectivity index (χ1v) is 5.19. The van der Waals surface area contributed by atoms with Crippen molar-refractivity contribution >= 4 is 0 Å². The minimum atomic E-state index is -0.321. The Morgan fingerprint density at radius 3 is 2.73 bits per heavy atom. The summed E-state index contributed by atoms with van der Waals surface area (Å²) in [6.07, 6.45) is -0.321. The molecule has 0 radical (unpaired) electrons. The van der Waals surface area contributed by atoms with Gasteiger partial charge >= 0.3 is 0 Å². The van der Waals surface area contributed by atoms with Crippen molar-refractivity contribution in [3.63, 3.8) is 0 Å². The molecule has 0 amide bonds. The van der Waals surface area contributed by atoms with Crippen LogP contribution in [0.3, 0.4) is 0 Å². The number of methoxy groups -OCH3 is 1. The van der Waals surface area contributed by atoms with Crippen LogP contribution in [0.2, 0.25) is 0 Å². The van der Waals surface area contributed by atoms with Crippen molar-refractivity contribution in [1.82, 2.24) is 5.32 Å². The number of aliphatic hydroxyl groups excluding tert-OH is 1. The molecule has 1 rings (SSSR count). The van der Waals surface area contributed by atoms with Crippen molar-refractivity contribution in [3.8, 4) is 5.75 Å². The van der Waals surface area contributed by atoms with Crippen LogP contribution in [-0.4, -0.2) is 24.9 Å². The monoisotopic (exact) mass is 209 g/mol. The van der Waals surface area contributed by atoms with Crippen LogP contribution in [0.15, 0.2) is 24.3 Å². The van der Waals surface area contributed by atoms with E-state index in [-0.39, 0.29) is 12.1 Å². The van der Waals surface area contributed by atoms with E-state index >= 15 is 0 Å². The van der Waals surface area contributed by atoms with Crippen molar-refractivity contribution in [3.05, 3.63) is 29.8 Å². The largest absolute Gasteiger partial charge is 0.497 e. The van der Waals surface area contributed by atoms with Gasteiger partial charge < -0.3 is 15.2 Å². The van der Waals surface area contributed by atoms with Crippen molar-refractivity contribution in [2.75, 3.05) is 13.7 Å². The van der Waals surface area contributed by atoms with E-state index < -0.39 is 0 Å². The Kier molecular flexibility index (Phi) is 4.59. The number of ether oxygens (including phenoxy) is 1. The van der Waals surface area contributed by atoms with Crippen molar-refractivity contribution in [1.29, 1.82) is 0 Å². The standard InChI is InChI=1S/C12H19NO2/c1-9(14)8-13-10(2)11-5-4-6-12(7-11)15-3/h4-7,9-10,13-14H,8H2,1-3H3. The summed E-state index contributed by atoms with van der Waals surface area (Å²) in [5.41, 5.74) is 1.16. The molecule has 0 saturated carbocycles. The molecule has 1 aromatic rings. The molecular formula is C12H19NO2. The summed E-state index contributed by atoms with van der Waals surface area (Å²) >= 11 is 0. The molecule has 1 aromatic carbocycles. The fraction of sp³-hybridized carbons (Fsp3) is 0.500. The smallest absolute Gasteiger partial charge is 0.119 e. The van der Waals surface area contributed by atoms with Gasteiger partial charge in [-0.15, -0.1) is 0 Å². The van der Waals surface area contributed by atoms with Gasteiger partial charge in [-0.3, -0.25) is 0 Å². The zero-order valence-electron chi connectivity index (χ0n) is 9.53. The summed E-state index contributed by atoms with van der Waals surface area (Å²) in [6, 6.07) is 8.15. The molecule has 15 heavy (non-hydrogen) atoms. The van der Waals surface area contributed by atoms with E-state index in [0.717, 1.165) is 11.3 Å². The topological polar surface area (TPSA) is 41.5 Å². The third kappa shape index (κ3) is 3.90. The van der Waals surface area contributed by atoms with Crippen molar-refractivity contribution < 1.29 is 9.84 Å². The zero-order chi connectivity index (χ0) is 11.3. The average Bonchev–Trinajstić information content (AvgIpc) is 2.26. The summed E-state index contributed by atoms with van der Waals surface area (Å²) in [5.74, 6) is 0.859. The van der Waals surface area contributed by atoms with Crippen LogP contribution < -0.4 is 10.1 Å². The Hall–Kier alpha value is -1.06. The number of hydrogen-bond acceptors (Lipinski definition) is 3. The lowest BCUT2D eigenvalue weighted by molar-refractivity contribution is 0.187. The molecule has 3 heteroatoms. The Balaban J connectivity index is 2.60. The average molecular weight is 209 g/mol. The first-order valence-electron chi connectivity index (χ1n) is 5.19. The van der Waals surface area contributed by atoms with Crippen LogP contribution in [0.4, 0.5) is 0 Å². The second-order valence-electron chi connectivity index (χ2n) is 3.76. The fourth-order valence-corrected chi connectivity index (χ4v) is 1.38. The molecule has 3 nitrogen and oxygen atoms in total. The van der Waals surface area contributed by atoms with Crippen LogP contribution in [0, 0.1) is 0 Å². The Morgan fingerprint density at radius 2 is 2.13 bits per heavy atom. The third-order valence-corrected chi connectivity index (χ3v) is 2.31. The summed E-state index contributed by atoms with van der Waals surface area (Å²) in [4.78, 5) is 0. The Morgan fingerprint density at radius 1 is 1.40 bits per heavy atom. The van der Waals surface area contributed by atoms with E-state index in [1.165, 1.54) is 0 Å². The van der Waals surface area contributed by atoms with Gasteiger partial charge in [0.05, 0.1) is 13.2 Å². The normalized spacial score (nSPS) is 14.7. The maximum Gasteiger partial charge on any atom is 0.119 e. The Labute approximate surface area is 91.1 Å². The highest BCUT2D eigenvalue weighted by Crippen LogP contribution is 2.18. The van der Waals surface area contributed by atoms with E-state index in [2.05, 4.69) is 12.2 Å². The van der Waals surface area contributed by atoms with Gasteiger partial charge in [0, 0.05) is 12.6 Å². The molecule has 0 saturated heterocycles. The third-order valence-electron chi connectivity index (χ3n) is 2.31. The number of rotatable bonds is 5. The summed E-state index contributed by atoms with van der Waals surface area (Å²) in [5, 5.41) is 12.4. The second-order valence-corrected chi connectivity index (χ2v) is 3.76. The van der Waals surface area contributed by atoms with Gasteiger partial charge in [-0.1, -0.05) is 12.1 Å². The van der Waals surface area contributed by atoms with Gasteiger partial charge in [0.2, 0.25) is 0 Å². The highest BCUT2D eigenvalue weighted by molar-refractivity contribution is 5.30. The first-order chi connectivity index (χ1) is 7.13. The van der Waals surface area contributed by atoms with E-state index in [0.29, 0.717) is 6.54 Å². The molecule has 0 aliphatic rings. The predicted molar refractivity (Wildman–Crippen MR) is 61.1 cm³/mol. The van der Waals surface area contributed by atoms with Gasteiger partial charge in [0.15, 0.2) is 0 Å². The molecule has 2 unspecified atom stereocenters. The van der Waals surface area contributed by atoms with Crippen LogP contribution in [0.25, 0.3) is 0 Å². The van der Waals surface area contributed by atoms with Crippen LogP contribution in [0.5, 0.6) is 5.75 Å². The quantitative estimate of drug-likeness (QED) is 0.776. The summed E-state index contributed by atoms with van der Waals surface area (Å²) in [6.45, 7) is 4.43. The maximum absolute atomic E-state index is 9.16. The number of aliphatic hydroxyl groups is 1. The van der Waals surface area contributed by atoms with Gasteiger partial charge in [-0.2, -0.15) is 0 Å². The molecule has 0 spiro atoms. The van der Waals surface area contributed by atoms with Crippen LogP contribution in [-0.2, 0) is 0 Å². The molecule has 0 aliphatic heterocycles. The maximum atomic E-state index is 9.16. The van der Waals surface area contributed by atoms with E-state index in [1.807, 2.05) is 24.3 Å². The van der Waals surface area contributed by atoms with Crippen LogP contribution in [0.1, 0.15) is 25.5 Å². The van der Waals surface area contributed by atoms with Crippen molar-refractivity contribution in [2.24, 2.45) is 0 Å². The first kappa shape index (κ1) is 12.0. The lowest BCUT2D eigenvalue weighted by Crippen LogP contribution is -2.27. The second kappa shape index (κ2) is 5.73. The molecule has 0 aromatic heterocycles. The zero-order valence-corrected chi connectivity index (χ0v) is 9.53. The minimum Gasteiger partial charge on any atom is -0.497 e. The van der Waals surface area contributed by atoms with E-state index in [1.54, 1.807) is 14.0 Å². The van der Waals surface area contributed by atoms with Gasteiger partial charge in [0.25, 0.3) is 0 Å². The molecule has 84 valence electrons. The summed E-state index contributed by atoms with van der Waals surface area (Å²) in [7, 11) is 1.66. The molecule has 2 atom stereocenters. The molecule has 0 aliphatic carbocycles. The molecule has 2 N–H and O–H groups in total. The molecule has 0 bridgehead atoms. The van der Waals surface area contributed by atoms with Gasteiger partial charge in [-0.25, -0.2) is 0 Å². The molecule has 0 fully saturated rings. The Bertz CT molecular complexity index is 299. The predicted octanol–water partition coefficient (Wildman–Crippen LogP) is 1.73. The number of nitrogens with one attached hydrogen (secondary N) is 1. The van der Waals surface area contributed by atoms with Gasteiger partial charge in [-0.05, 0) is 31.5 Å². The fourth-order valence-electron chi connectivity index (χ4n) is 1.38. The van der Waals surface area contributed by atoms with Crippen LogP contribution >= 0.6 is 0 Å². The number of hydrogen-bond donors (Lipinski definition) is 2.